The van der Waals surface area contributed by atoms with Crippen LogP contribution >= 0.6 is 0 Å². The van der Waals surface area contributed by atoms with Crippen molar-refractivity contribution < 1.29 is 14.0 Å². The fourth-order valence-corrected chi connectivity index (χ4v) is 3.70. The van der Waals surface area contributed by atoms with Gasteiger partial charge < -0.3 is 15.1 Å². The maximum Gasteiger partial charge on any atom is 0.321 e. The molecule has 0 bridgehead atoms. The Morgan fingerprint density at radius 1 is 1.04 bits per heavy atom. The third kappa shape index (κ3) is 4.30. The number of hydrogen-bond acceptors (Lipinski definition) is 2. The Morgan fingerprint density at radius 3 is 2.32 bits per heavy atom. The predicted molar refractivity (Wildman–Crippen MR) is 94.9 cm³/mol. The van der Waals surface area contributed by atoms with E-state index < -0.39 is 0 Å². The van der Waals surface area contributed by atoms with Crippen LogP contribution in [0.5, 0.6) is 0 Å². The molecule has 1 N–H and O–H groups in total. The van der Waals surface area contributed by atoms with E-state index in [9.17, 15) is 14.0 Å². The molecule has 0 radical (unpaired) electrons. The Bertz CT molecular complexity index is 636. The summed E-state index contributed by atoms with van der Waals surface area (Å²) >= 11 is 0. The second-order valence-electron chi connectivity index (χ2n) is 7.04. The Hall–Kier alpha value is -2.11. The smallest absolute Gasteiger partial charge is 0.321 e. The van der Waals surface area contributed by atoms with Crippen LogP contribution in [0.4, 0.5) is 14.9 Å². The van der Waals surface area contributed by atoms with Crippen LogP contribution < -0.4 is 5.32 Å². The summed E-state index contributed by atoms with van der Waals surface area (Å²) in [7, 11) is 0. The molecule has 1 heterocycles. The Kier molecular flexibility index (Phi) is 5.56. The van der Waals surface area contributed by atoms with Crippen LogP contribution in [0.3, 0.4) is 0 Å². The third-order valence-electron chi connectivity index (χ3n) is 5.26. The summed E-state index contributed by atoms with van der Waals surface area (Å²) in [6.45, 7) is 4.00. The first-order chi connectivity index (χ1) is 12.0. The largest absolute Gasteiger partial charge is 0.339 e. The second kappa shape index (κ2) is 7.85. The highest BCUT2D eigenvalue weighted by Crippen LogP contribution is 2.26. The third-order valence-corrected chi connectivity index (χ3v) is 5.26. The standard InChI is InChI=1S/C19H26FN3O2/c1-14-13-16(20)7-8-17(14)21-19(25)23-11-9-22(10-12-23)18(24)15-5-3-2-4-6-15/h7-8,13,15H,2-6,9-12H2,1H3,(H,21,25). The molecule has 25 heavy (non-hydrogen) atoms. The SMILES string of the molecule is Cc1cc(F)ccc1NC(=O)N1CCN(C(=O)C2CCCCC2)CC1. The molecule has 1 saturated carbocycles. The average Bonchev–Trinajstić information content (AvgIpc) is 2.64. The number of piperazine rings is 1. The fraction of sp³-hybridized carbons (Fsp3) is 0.579. The van der Waals surface area contributed by atoms with Gasteiger partial charge in [-0.3, -0.25) is 4.79 Å². The highest BCUT2D eigenvalue weighted by molar-refractivity contribution is 5.90. The number of hydrogen-bond donors (Lipinski definition) is 1. The quantitative estimate of drug-likeness (QED) is 0.891. The lowest BCUT2D eigenvalue weighted by Crippen LogP contribution is -2.53. The molecule has 0 unspecified atom stereocenters. The first kappa shape index (κ1) is 17.7. The van der Waals surface area contributed by atoms with Gasteiger partial charge in [0, 0.05) is 37.8 Å². The van der Waals surface area contributed by atoms with Crippen molar-refractivity contribution in [2.75, 3.05) is 31.5 Å². The van der Waals surface area contributed by atoms with E-state index in [0.29, 0.717) is 37.4 Å². The summed E-state index contributed by atoms with van der Waals surface area (Å²) in [6.07, 6.45) is 5.54. The number of rotatable bonds is 2. The molecular formula is C19H26FN3O2. The predicted octanol–water partition coefficient (Wildman–Crippen LogP) is 3.39. The molecule has 2 fully saturated rings. The van der Waals surface area contributed by atoms with Crippen molar-refractivity contribution in [1.82, 2.24) is 9.80 Å². The minimum Gasteiger partial charge on any atom is -0.339 e. The maximum atomic E-state index is 13.2. The normalized spacial score (nSPS) is 19.0. The molecule has 1 aromatic carbocycles. The van der Waals surface area contributed by atoms with Crippen LogP contribution in [0.2, 0.25) is 0 Å². The van der Waals surface area contributed by atoms with Gasteiger partial charge in [-0.05, 0) is 43.5 Å². The summed E-state index contributed by atoms with van der Waals surface area (Å²) in [6, 6.07) is 4.12. The van der Waals surface area contributed by atoms with E-state index in [0.717, 1.165) is 25.7 Å². The first-order valence-corrected chi connectivity index (χ1v) is 9.15. The number of aryl methyl sites for hydroxylation is 1. The Labute approximate surface area is 148 Å². The highest BCUT2D eigenvalue weighted by Gasteiger charge is 2.29. The van der Waals surface area contributed by atoms with E-state index in [1.165, 1.54) is 18.6 Å². The van der Waals surface area contributed by atoms with Gasteiger partial charge in [-0.15, -0.1) is 0 Å². The number of benzene rings is 1. The molecule has 1 aliphatic carbocycles. The van der Waals surface area contributed by atoms with Gasteiger partial charge in [0.15, 0.2) is 0 Å². The van der Waals surface area contributed by atoms with Crippen molar-refractivity contribution in [3.63, 3.8) is 0 Å². The zero-order valence-electron chi connectivity index (χ0n) is 14.8. The summed E-state index contributed by atoms with van der Waals surface area (Å²) in [5, 5.41) is 2.83. The average molecular weight is 347 g/mol. The minimum absolute atomic E-state index is 0.177. The van der Waals surface area contributed by atoms with Gasteiger partial charge in [-0.1, -0.05) is 19.3 Å². The van der Waals surface area contributed by atoms with E-state index in [4.69, 9.17) is 0 Å². The van der Waals surface area contributed by atoms with Crippen molar-refractivity contribution in [3.05, 3.63) is 29.6 Å². The maximum absolute atomic E-state index is 13.2. The van der Waals surface area contributed by atoms with Gasteiger partial charge in [-0.25, -0.2) is 9.18 Å². The fourth-order valence-electron chi connectivity index (χ4n) is 3.70. The molecule has 0 atom stereocenters. The van der Waals surface area contributed by atoms with Crippen molar-refractivity contribution in [1.29, 1.82) is 0 Å². The molecule has 1 aliphatic heterocycles. The summed E-state index contributed by atoms with van der Waals surface area (Å²) in [5.41, 5.74) is 1.31. The number of carbonyl (C=O) groups is 2. The molecule has 6 heteroatoms. The number of nitrogens with one attached hydrogen (secondary N) is 1. The molecule has 1 saturated heterocycles. The minimum atomic E-state index is -0.315. The molecule has 1 aromatic rings. The Balaban J connectivity index is 1.51. The number of anilines is 1. The van der Waals surface area contributed by atoms with Gasteiger partial charge in [0.2, 0.25) is 5.91 Å². The summed E-state index contributed by atoms with van der Waals surface area (Å²) in [5.74, 6) is 0.121. The zero-order chi connectivity index (χ0) is 17.8. The molecule has 3 amide bonds. The van der Waals surface area contributed by atoms with Gasteiger partial charge in [0.25, 0.3) is 0 Å². The van der Waals surface area contributed by atoms with E-state index in [2.05, 4.69) is 5.32 Å². The number of nitrogens with zero attached hydrogens (tertiary/aromatic N) is 2. The van der Waals surface area contributed by atoms with Gasteiger partial charge in [0.1, 0.15) is 5.82 Å². The molecular weight excluding hydrogens is 321 g/mol. The van der Waals surface area contributed by atoms with E-state index in [1.54, 1.807) is 17.9 Å². The molecule has 0 spiro atoms. The van der Waals surface area contributed by atoms with Crippen LogP contribution in [0, 0.1) is 18.7 Å². The van der Waals surface area contributed by atoms with Crippen LogP contribution in [-0.4, -0.2) is 47.9 Å². The van der Waals surface area contributed by atoms with Crippen molar-refractivity contribution >= 4 is 17.6 Å². The van der Waals surface area contributed by atoms with E-state index >= 15 is 0 Å². The summed E-state index contributed by atoms with van der Waals surface area (Å²) in [4.78, 5) is 28.6. The first-order valence-electron chi connectivity index (χ1n) is 9.15. The lowest BCUT2D eigenvalue weighted by Gasteiger charge is -2.37. The van der Waals surface area contributed by atoms with Crippen molar-refractivity contribution in [2.45, 2.75) is 39.0 Å². The lowest BCUT2D eigenvalue weighted by molar-refractivity contribution is -0.138. The van der Waals surface area contributed by atoms with E-state index in [1.807, 2.05) is 4.90 Å². The molecule has 136 valence electrons. The van der Waals surface area contributed by atoms with E-state index in [-0.39, 0.29) is 23.7 Å². The number of urea groups is 1. The Morgan fingerprint density at radius 2 is 1.68 bits per heavy atom. The van der Waals surface area contributed by atoms with Crippen LogP contribution in [0.1, 0.15) is 37.7 Å². The monoisotopic (exact) mass is 347 g/mol. The molecule has 0 aromatic heterocycles. The lowest BCUT2D eigenvalue weighted by atomic mass is 9.88. The number of carbonyl (C=O) groups excluding carboxylic acids is 2. The second-order valence-corrected chi connectivity index (χ2v) is 7.04. The summed E-state index contributed by atoms with van der Waals surface area (Å²) < 4.78 is 13.2. The van der Waals surface area contributed by atoms with Crippen LogP contribution in [-0.2, 0) is 4.79 Å². The van der Waals surface area contributed by atoms with Gasteiger partial charge in [0.05, 0.1) is 0 Å². The molecule has 5 nitrogen and oxygen atoms in total. The number of halogens is 1. The zero-order valence-corrected chi connectivity index (χ0v) is 14.8. The van der Waals surface area contributed by atoms with Crippen molar-refractivity contribution in [3.8, 4) is 0 Å². The topological polar surface area (TPSA) is 52.7 Å². The molecule has 2 aliphatic rings. The number of amides is 3. The van der Waals surface area contributed by atoms with Crippen LogP contribution in [0.15, 0.2) is 18.2 Å². The van der Waals surface area contributed by atoms with Crippen LogP contribution in [0.25, 0.3) is 0 Å². The van der Waals surface area contributed by atoms with Crippen molar-refractivity contribution in [2.24, 2.45) is 5.92 Å². The highest BCUT2D eigenvalue weighted by atomic mass is 19.1. The van der Waals surface area contributed by atoms with Gasteiger partial charge in [-0.2, -0.15) is 0 Å². The van der Waals surface area contributed by atoms with Gasteiger partial charge >= 0.3 is 6.03 Å². The molecule has 3 rings (SSSR count).